The lowest BCUT2D eigenvalue weighted by molar-refractivity contribution is -0.114. The number of hydrogen-bond acceptors (Lipinski definition) is 5. The van der Waals surface area contributed by atoms with Crippen LogP contribution in [0.2, 0.25) is 0 Å². The van der Waals surface area contributed by atoms with Crippen molar-refractivity contribution in [3.63, 3.8) is 0 Å². The molecule has 0 saturated heterocycles. The smallest absolute Gasteiger partial charge is 0.243 e. The van der Waals surface area contributed by atoms with Crippen LogP contribution in [-0.2, 0) is 19.6 Å². The highest BCUT2D eigenvalue weighted by Gasteiger charge is 2.21. The van der Waals surface area contributed by atoms with Gasteiger partial charge in [0.25, 0.3) is 0 Å². The van der Waals surface area contributed by atoms with E-state index in [0.29, 0.717) is 18.8 Å². The lowest BCUT2D eigenvalue weighted by Crippen LogP contribution is -2.30. The van der Waals surface area contributed by atoms with E-state index in [2.05, 4.69) is 10.6 Å². The Labute approximate surface area is 188 Å². The summed E-state index contributed by atoms with van der Waals surface area (Å²) in [4.78, 5) is 24.4. The average molecular weight is 464 g/mol. The number of amides is 2. The molecular weight excluding hydrogens is 434 g/mol. The van der Waals surface area contributed by atoms with Crippen LogP contribution in [0, 0.1) is 13.8 Å². The third-order valence-corrected chi connectivity index (χ3v) is 7.73. The normalized spacial score (nSPS) is 11.4. The van der Waals surface area contributed by atoms with Crippen molar-refractivity contribution in [1.82, 2.24) is 4.31 Å². The summed E-state index contributed by atoms with van der Waals surface area (Å²) in [5.74, 6) is -0.170. The fourth-order valence-electron chi connectivity index (χ4n) is 2.87. The van der Waals surface area contributed by atoms with Crippen molar-refractivity contribution >= 4 is 45.0 Å². The van der Waals surface area contributed by atoms with E-state index in [0.717, 1.165) is 16.8 Å². The van der Waals surface area contributed by atoms with Crippen LogP contribution in [0.3, 0.4) is 0 Å². The number of hydrogen-bond donors (Lipinski definition) is 2. The van der Waals surface area contributed by atoms with Gasteiger partial charge in [-0.1, -0.05) is 19.9 Å². The Bertz CT molecular complexity index is 1020. The summed E-state index contributed by atoms with van der Waals surface area (Å²) in [5.41, 5.74) is 3.49. The van der Waals surface area contributed by atoms with Gasteiger partial charge in [-0.2, -0.15) is 4.31 Å². The molecule has 0 saturated carbocycles. The molecule has 0 aliphatic rings. The molecule has 0 fully saturated rings. The highest BCUT2D eigenvalue weighted by atomic mass is 32.2. The molecule has 7 nitrogen and oxygen atoms in total. The highest BCUT2D eigenvalue weighted by molar-refractivity contribution is 8.00. The number of carbonyl (C=O) groups excluding carboxylic acids is 2. The Morgan fingerprint density at radius 2 is 1.35 bits per heavy atom. The van der Waals surface area contributed by atoms with Crippen molar-refractivity contribution in [3.8, 4) is 0 Å². The van der Waals surface area contributed by atoms with Crippen LogP contribution in [0.4, 0.5) is 11.4 Å². The van der Waals surface area contributed by atoms with Crippen molar-refractivity contribution in [2.75, 3.05) is 35.2 Å². The lowest BCUT2D eigenvalue weighted by Gasteiger charge is -2.18. The van der Waals surface area contributed by atoms with E-state index >= 15 is 0 Å². The molecule has 0 unspecified atom stereocenters. The molecule has 168 valence electrons. The zero-order valence-corrected chi connectivity index (χ0v) is 19.9. The van der Waals surface area contributed by atoms with E-state index in [1.54, 1.807) is 26.0 Å². The predicted molar refractivity (Wildman–Crippen MR) is 127 cm³/mol. The molecule has 2 aromatic rings. The summed E-state index contributed by atoms with van der Waals surface area (Å²) in [6, 6.07) is 11.8. The van der Waals surface area contributed by atoms with E-state index in [9.17, 15) is 18.0 Å². The van der Waals surface area contributed by atoms with Gasteiger partial charge >= 0.3 is 0 Å². The first-order valence-electron chi connectivity index (χ1n) is 10.0. The van der Waals surface area contributed by atoms with Gasteiger partial charge in [-0.15, -0.1) is 11.8 Å². The Balaban J connectivity index is 1.82. The van der Waals surface area contributed by atoms with Gasteiger partial charge < -0.3 is 10.6 Å². The number of nitrogens with zero attached hydrogens (tertiary/aromatic N) is 1. The summed E-state index contributed by atoms with van der Waals surface area (Å²) in [5, 5.41) is 5.54. The van der Waals surface area contributed by atoms with Gasteiger partial charge in [0.15, 0.2) is 0 Å². The largest absolute Gasteiger partial charge is 0.325 e. The summed E-state index contributed by atoms with van der Waals surface area (Å²) in [7, 11) is -3.53. The summed E-state index contributed by atoms with van der Waals surface area (Å²) in [6.45, 7) is 8.35. The molecule has 0 aliphatic carbocycles. The Morgan fingerprint density at radius 1 is 0.839 bits per heavy atom. The summed E-state index contributed by atoms with van der Waals surface area (Å²) >= 11 is 1.21. The first-order chi connectivity index (χ1) is 14.7. The molecule has 9 heteroatoms. The maximum absolute atomic E-state index is 12.5. The minimum Gasteiger partial charge on any atom is -0.325 e. The van der Waals surface area contributed by atoms with E-state index in [4.69, 9.17) is 0 Å². The molecular formula is C22H29N3O4S2. The second-order valence-electron chi connectivity index (χ2n) is 7.00. The number of nitrogens with one attached hydrogen (secondary N) is 2. The Hall–Kier alpha value is -2.36. The molecule has 0 spiro atoms. The minimum absolute atomic E-state index is 0.111. The zero-order chi connectivity index (χ0) is 23.0. The fourth-order valence-corrected chi connectivity index (χ4v) is 4.95. The third-order valence-electron chi connectivity index (χ3n) is 4.74. The zero-order valence-electron chi connectivity index (χ0n) is 18.3. The molecule has 0 bridgehead atoms. The average Bonchev–Trinajstić information content (AvgIpc) is 2.72. The number of anilines is 2. The van der Waals surface area contributed by atoms with Crippen molar-refractivity contribution in [3.05, 3.63) is 53.6 Å². The van der Waals surface area contributed by atoms with Crippen LogP contribution < -0.4 is 10.6 Å². The van der Waals surface area contributed by atoms with Crippen LogP contribution in [-0.4, -0.2) is 49.1 Å². The van der Waals surface area contributed by atoms with Gasteiger partial charge in [-0.3, -0.25) is 9.59 Å². The Morgan fingerprint density at radius 3 is 1.87 bits per heavy atom. The highest BCUT2D eigenvalue weighted by Crippen LogP contribution is 2.19. The molecule has 0 aromatic heterocycles. The van der Waals surface area contributed by atoms with Gasteiger partial charge in [-0.25, -0.2) is 8.42 Å². The summed E-state index contributed by atoms with van der Waals surface area (Å²) < 4.78 is 26.4. The Kier molecular flexibility index (Phi) is 9.09. The first-order valence-corrected chi connectivity index (χ1v) is 12.6. The molecule has 0 radical (unpaired) electrons. The number of carbonyl (C=O) groups is 2. The maximum atomic E-state index is 12.5. The second kappa shape index (κ2) is 11.3. The van der Waals surface area contributed by atoms with Crippen molar-refractivity contribution in [2.24, 2.45) is 0 Å². The monoisotopic (exact) mass is 463 g/mol. The molecule has 2 rings (SSSR count). The molecule has 2 amide bonds. The SMILES string of the molecule is CCN(CC)S(=O)(=O)c1ccc(NC(=O)CSCC(=O)Nc2ccc(C)c(C)c2)cc1. The third kappa shape index (κ3) is 7.09. The maximum Gasteiger partial charge on any atom is 0.243 e. The van der Waals surface area contributed by atoms with Crippen molar-refractivity contribution < 1.29 is 18.0 Å². The van der Waals surface area contributed by atoms with Crippen LogP contribution in [0.25, 0.3) is 0 Å². The van der Waals surface area contributed by atoms with Crippen LogP contribution >= 0.6 is 11.8 Å². The molecule has 2 aromatic carbocycles. The molecule has 31 heavy (non-hydrogen) atoms. The van der Waals surface area contributed by atoms with E-state index < -0.39 is 10.0 Å². The topological polar surface area (TPSA) is 95.6 Å². The molecule has 0 atom stereocenters. The van der Waals surface area contributed by atoms with Crippen LogP contribution in [0.15, 0.2) is 47.4 Å². The first kappa shape index (κ1) is 24.9. The van der Waals surface area contributed by atoms with Crippen molar-refractivity contribution in [2.45, 2.75) is 32.6 Å². The van der Waals surface area contributed by atoms with Crippen LogP contribution in [0.1, 0.15) is 25.0 Å². The fraction of sp³-hybridized carbons (Fsp3) is 0.364. The van der Waals surface area contributed by atoms with E-state index in [-0.39, 0.29) is 28.2 Å². The van der Waals surface area contributed by atoms with Crippen molar-refractivity contribution in [1.29, 1.82) is 0 Å². The van der Waals surface area contributed by atoms with E-state index in [1.165, 1.54) is 28.2 Å². The van der Waals surface area contributed by atoms with Gasteiger partial charge in [0.2, 0.25) is 21.8 Å². The van der Waals surface area contributed by atoms with Gasteiger partial charge in [-0.05, 0) is 61.4 Å². The minimum atomic E-state index is -3.53. The number of aryl methyl sites for hydroxylation is 2. The molecule has 0 aliphatic heterocycles. The quantitative estimate of drug-likeness (QED) is 0.561. The summed E-state index contributed by atoms with van der Waals surface area (Å²) in [6.07, 6.45) is 0. The van der Waals surface area contributed by atoms with Gasteiger partial charge in [0, 0.05) is 24.5 Å². The van der Waals surface area contributed by atoms with E-state index in [1.807, 2.05) is 32.0 Å². The van der Waals surface area contributed by atoms with Gasteiger partial charge in [0.05, 0.1) is 16.4 Å². The number of benzene rings is 2. The second-order valence-corrected chi connectivity index (χ2v) is 9.93. The van der Waals surface area contributed by atoms with Gasteiger partial charge in [0.1, 0.15) is 0 Å². The number of rotatable bonds is 10. The molecule has 0 heterocycles. The lowest BCUT2D eigenvalue weighted by atomic mass is 10.1. The standard InChI is InChI=1S/C22H29N3O4S2/c1-5-25(6-2)31(28,29)20-11-9-18(10-12-20)23-21(26)14-30-15-22(27)24-19-8-7-16(3)17(4)13-19/h7-13H,5-6,14-15H2,1-4H3,(H,23,26)(H,24,27). The van der Waals surface area contributed by atoms with Crippen LogP contribution in [0.5, 0.6) is 0 Å². The predicted octanol–water partition coefficient (Wildman–Crippen LogP) is 3.64. The number of thioether (sulfide) groups is 1. The molecule has 2 N–H and O–H groups in total. The number of sulfonamides is 1.